The Morgan fingerprint density at radius 2 is 2.33 bits per heavy atom. The Hall–Kier alpha value is -0.830. The molecule has 1 N–H and O–H groups in total. The van der Waals surface area contributed by atoms with E-state index in [4.69, 9.17) is 0 Å². The van der Waals surface area contributed by atoms with Gasteiger partial charge in [0.1, 0.15) is 0 Å². The van der Waals surface area contributed by atoms with Gasteiger partial charge < -0.3 is 5.32 Å². The lowest BCUT2D eigenvalue weighted by molar-refractivity contribution is -0.142. The minimum absolute atomic E-state index is 0.154. The highest BCUT2D eigenvalue weighted by molar-refractivity contribution is 7.10. The SMILES string of the molecule is CC1(C)C(=O)N[C@H]1c1cccs1. The quantitative estimate of drug-likeness (QED) is 0.659. The highest BCUT2D eigenvalue weighted by Crippen LogP contribution is 2.42. The van der Waals surface area contributed by atoms with Crippen LogP contribution < -0.4 is 5.32 Å². The minimum atomic E-state index is -0.217. The fraction of sp³-hybridized carbons (Fsp3) is 0.444. The van der Waals surface area contributed by atoms with Crippen LogP contribution in [0, 0.1) is 5.41 Å². The smallest absolute Gasteiger partial charge is 0.228 e. The second kappa shape index (κ2) is 2.33. The molecule has 0 aromatic carbocycles. The average molecular weight is 181 g/mol. The van der Waals surface area contributed by atoms with Gasteiger partial charge in [0.05, 0.1) is 11.5 Å². The predicted octanol–water partition coefficient (Wildman–Crippen LogP) is 1.95. The number of rotatable bonds is 1. The van der Waals surface area contributed by atoms with Gasteiger partial charge in [-0.05, 0) is 25.3 Å². The van der Waals surface area contributed by atoms with Gasteiger partial charge in [0, 0.05) is 4.88 Å². The van der Waals surface area contributed by atoms with Crippen molar-refractivity contribution in [2.75, 3.05) is 0 Å². The van der Waals surface area contributed by atoms with Gasteiger partial charge in [-0.3, -0.25) is 4.79 Å². The first-order chi connectivity index (χ1) is 5.62. The highest BCUT2D eigenvalue weighted by Gasteiger charge is 2.48. The van der Waals surface area contributed by atoms with Crippen molar-refractivity contribution in [1.82, 2.24) is 5.32 Å². The van der Waals surface area contributed by atoms with Crippen molar-refractivity contribution >= 4 is 17.2 Å². The molecule has 2 nitrogen and oxygen atoms in total. The summed E-state index contributed by atoms with van der Waals surface area (Å²) in [5.41, 5.74) is -0.217. The third-order valence-electron chi connectivity index (χ3n) is 2.41. The summed E-state index contributed by atoms with van der Waals surface area (Å²) < 4.78 is 0. The summed E-state index contributed by atoms with van der Waals surface area (Å²) in [5, 5.41) is 4.94. The molecule has 1 fully saturated rings. The molecule has 2 heterocycles. The van der Waals surface area contributed by atoms with Crippen LogP contribution in [0.25, 0.3) is 0 Å². The molecular formula is C9H11NOS. The molecule has 2 rings (SSSR count). The van der Waals surface area contributed by atoms with Gasteiger partial charge in [-0.2, -0.15) is 0 Å². The second-order valence-corrected chi connectivity index (χ2v) is 4.62. The number of amides is 1. The van der Waals surface area contributed by atoms with Crippen LogP contribution in [-0.2, 0) is 4.79 Å². The zero-order valence-electron chi connectivity index (χ0n) is 7.13. The number of thiophene rings is 1. The molecule has 0 spiro atoms. The average Bonchev–Trinajstić information content (AvgIpc) is 2.51. The Labute approximate surface area is 75.6 Å². The van der Waals surface area contributed by atoms with Gasteiger partial charge in [0.2, 0.25) is 5.91 Å². The number of carbonyl (C=O) groups is 1. The fourth-order valence-electron chi connectivity index (χ4n) is 1.43. The number of carbonyl (C=O) groups excluding carboxylic acids is 1. The Bertz CT molecular complexity index is 302. The van der Waals surface area contributed by atoms with Crippen LogP contribution >= 0.6 is 11.3 Å². The molecule has 1 aromatic heterocycles. The summed E-state index contributed by atoms with van der Waals surface area (Å²) in [5.74, 6) is 0.154. The van der Waals surface area contributed by atoms with E-state index >= 15 is 0 Å². The Morgan fingerprint density at radius 1 is 1.58 bits per heavy atom. The van der Waals surface area contributed by atoms with E-state index in [0.29, 0.717) is 0 Å². The normalized spacial score (nSPS) is 26.2. The van der Waals surface area contributed by atoms with Gasteiger partial charge in [-0.15, -0.1) is 11.3 Å². The largest absolute Gasteiger partial charge is 0.347 e. The van der Waals surface area contributed by atoms with Crippen LogP contribution in [0.3, 0.4) is 0 Å². The number of nitrogens with one attached hydrogen (secondary N) is 1. The Morgan fingerprint density at radius 3 is 2.75 bits per heavy atom. The first-order valence-corrected chi connectivity index (χ1v) is 4.84. The van der Waals surface area contributed by atoms with Gasteiger partial charge in [0.15, 0.2) is 0 Å². The maximum atomic E-state index is 11.2. The van der Waals surface area contributed by atoms with Crippen molar-refractivity contribution in [2.45, 2.75) is 19.9 Å². The molecule has 1 aliphatic heterocycles. The molecular weight excluding hydrogens is 170 g/mol. The first kappa shape index (κ1) is 7.80. The molecule has 0 bridgehead atoms. The van der Waals surface area contributed by atoms with Crippen LogP contribution in [0.2, 0.25) is 0 Å². The molecule has 1 amide bonds. The molecule has 0 unspecified atom stereocenters. The number of hydrogen-bond acceptors (Lipinski definition) is 2. The van der Waals surface area contributed by atoms with Crippen LogP contribution in [0.15, 0.2) is 17.5 Å². The van der Waals surface area contributed by atoms with E-state index in [-0.39, 0.29) is 17.4 Å². The van der Waals surface area contributed by atoms with Crippen LogP contribution in [0.5, 0.6) is 0 Å². The van der Waals surface area contributed by atoms with E-state index in [9.17, 15) is 4.79 Å². The van der Waals surface area contributed by atoms with Crippen molar-refractivity contribution < 1.29 is 4.79 Å². The maximum absolute atomic E-state index is 11.2. The second-order valence-electron chi connectivity index (χ2n) is 3.64. The zero-order chi connectivity index (χ0) is 8.77. The summed E-state index contributed by atoms with van der Waals surface area (Å²) in [6.45, 7) is 3.96. The van der Waals surface area contributed by atoms with Crippen molar-refractivity contribution in [3.05, 3.63) is 22.4 Å². The summed E-state index contributed by atoms with van der Waals surface area (Å²) in [6, 6.07) is 4.31. The molecule has 1 saturated heterocycles. The van der Waals surface area contributed by atoms with Crippen molar-refractivity contribution in [3.8, 4) is 0 Å². The standard InChI is InChI=1S/C9H11NOS/c1-9(2)7(10-8(9)11)6-4-3-5-12-6/h3-5,7H,1-2H3,(H,10,11)/t7-/m0/s1. The van der Waals surface area contributed by atoms with Crippen LogP contribution in [0.1, 0.15) is 24.8 Å². The Kier molecular flexibility index (Phi) is 1.51. The van der Waals surface area contributed by atoms with Gasteiger partial charge in [-0.25, -0.2) is 0 Å². The lowest BCUT2D eigenvalue weighted by Gasteiger charge is -2.43. The summed E-state index contributed by atoms with van der Waals surface area (Å²) in [6.07, 6.45) is 0. The summed E-state index contributed by atoms with van der Waals surface area (Å²) in [7, 11) is 0. The molecule has 12 heavy (non-hydrogen) atoms. The summed E-state index contributed by atoms with van der Waals surface area (Å²) in [4.78, 5) is 12.4. The van der Waals surface area contributed by atoms with Crippen molar-refractivity contribution in [3.63, 3.8) is 0 Å². The van der Waals surface area contributed by atoms with E-state index in [2.05, 4.69) is 11.4 Å². The van der Waals surface area contributed by atoms with E-state index in [1.54, 1.807) is 11.3 Å². The fourth-order valence-corrected chi connectivity index (χ4v) is 2.39. The van der Waals surface area contributed by atoms with Crippen LogP contribution in [0.4, 0.5) is 0 Å². The lowest BCUT2D eigenvalue weighted by Crippen LogP contribution is -2.57. The molecule has 3 heteroatoms. The zero-order valence-corrected chi connectivity index (χ0v) is 7.94. The van der Waals surface area contributed by atoms with Gasteiger partial charge >= 0.3 is 0 Å². The van der Waals surface area contributed by atoms with Gasteiger partial charge in [-0.1, -0.05) is 6.07 Å². The maximum Gasteiger partial charge on any atom is 0.228 e. The first-order valence-electron chi connectivity index (χ1n) is 3.97. The predicted molar refractivity (Wildman–Crippen MR) is 49.0 cm³/mol. The highest BCUT2D eigenvalue weighted by atomic mass is 32.1. The van der Waals surface area contributed by atoms with Crippen molar-refractivity contribution in [1.29, 1.82) is 0 Å². The number of hydrogen-bond donors (Lipinski definition) is 1. The topological polar surface area (TPSA) is 29.1 Å². The van der Waals surface area contributed by atoms with E-state index in [1.165, 1.54) is 4.88 Å². The molecule has 0 radical (unpaired) electrons. The molecule has 1 aliphatic rings. The number of β-lactam (4-membered cyclic amide) rings is 1. The minimum Gasteiger partial charge on any atom is -0.347 e. The third-order valence-corrected chi connectivity index (χ3v) is 3.35. The van der Waals surface area contributed by atoms with E-state index in [0.717, 1.165) is 0 Å². The lowest BCUT2D eigenvalue weighted by atomic mass is 9.75. The molecule has 0 aliphatic carbocycles. The molecule has 0 saturated carbocycles. The third kappa shape index (κ3) is 0.894. The molecule has 1 aromatic rings. The Balaban J connectivity index is 2.25. The van der Waals surface area contributed by atoms with E-state index in [1.807, 2.05) is 25.3 Å². The van der Waals surface area contributed by atoms with Gasteiger partial charge in [0.25, 0.3) is 0 Å². The van der Waals surface area contributed by atoms with E-state index < -0.39 is 0 Å². The van der Waals surface area contributed by atoms with Crippen molar-refractivity contribution in [2.24, 2.45) is 5.41 Å². The molecule has 64 valence electrons. The summed E-state index contributed by atoms with van der Waals surface area (Å²) >= 11 is 1.70. The molecule has 1 atom stereocenters. The monoisotopic (exact) mass is 181 g/mol. The van der Waals surface area contributed by atoms with Crippen LogP contribution in [-0.4, -0.2) is 5.91 Å².